The molecule has 0 fully saturated rings. The number of carbonyl (C=O) groups excluding carboxylic acids is 2. The SMILES string of the molecule is Cc1ccc(S(=O)(=O)N(CCCC(=O)[O-])C(=O)C2(n3ccnc3)c3ccccc3N(CCCS(=O)(=O)[O-])c3ccccc32)cc1. The third-order valence-electron chi connectivity index (χ3n) is 7.72. The van der Waals surface area contributed by atoms with Gasteiger partial charge in [0.1, 0.15) is 0 Å². The van der Waals surface area contributed by atoms with E-state index in [1.54, 1.807) is 78.7 Å². The Morgan fingerprint density at radius 2 is 1.49 bits per heavy atom. The Bertz CT molecular complexity index is 1880. The van der Waals surface area contributed by atoms with Crippen LogP contribution in [-0.4, -0.2) is 66.0 Å². The number of fused-ring (bicyclic) bond motifs is 2. The van der Waals surface area contributed by atoms with E-state index in [1.807, 2.05) is 0 Å². The molecule has 12 nitrogen and oxygen atoms in total. The van der Waals surface area contributed by atoms with Gasteiger partial charge in [-0.25, -0.2) is 26.1 Å². The maximum atomic E-state index is 15.3. The second-order valence-electron chi connectivity index (χ2n) is 10.7. The van der Waals surface area contributed by atoms with E-state index in [1.165, 1.54) is 29.2 Å². The number of aromatic nitrogens is 2. The fourth-order valence-electron chi connectivity index (χ4n) is 5.74. The maximum absolute atomic E-state index is 15.3. The molecule has 4 aromatic rings. The van der Waals surface area contributed by atoms with Crippen LogP contribution < -0.4 is 10.0 Å². The van der Waals surface area contributed by atoms with E-state index in [0.717, 1.165) is 5.56 Å². The topological polar surface area (TPSA) is 173 Å². The highest BCUT2D eigenvalue weighted by Gasteiger charge is 2.54. The largest absolute Gasteiger partial charge is 0.748 e. The molecule has 0 radical (unpaired) electrons. The average molecular weight is 651 g/mol. The minimum absolute atomic E-state index is 0.00231. The summed E-state index contributed by atoms with van der Waals surface area (Å²) in [6.07, 6.45) is 3.73. The third kappa shape index (κ3) is 6.08. The highest BCUT2D eigenvalue weighted by atomic mass is 32.2. The lowest BCUT2D eigenvalue weighted by Gasteiger charge is -2.46. The van der Waals surface area contributed by atoms with Gasteiger partial charge in [-0.1, -0.05) is 54.1 Å². The van der Waals surface area contributed by atoms with Gasteiger partial charge in [0, 0.05) is 59.7 Å². The number of nitrogens with zero attached hydrogens (tertiary/aromatic N) is 4. The van der Waals surface area contributed by atoms with E-state index in [0.29, 0.717) is 26.8 Å². The van der Waals surface area contributed by atoms with Gasteiger partial charge in [0.15, 0.2) is 5.54 Å². The van der Waals surface area contributed by atoms with Crippen molar-refractivity contribution in [1.29, 1.82) is 0 Å². The summed E-state index contributed by atoms with van der Waals surface area (Å²) in [5, 5.41) is 11.3. The van der Waals surface area contributed by atoms with E-state index >= 15 is 4.79 Å². The molecule has 1 aliphatic rings. The Hall–Kier alpha value is -4.53. The third-order valence-corrected chi connectivity index (χ3v) is 10.3. The van der Waals surface area contributed by atoms with Gasteiger partial charge in [-0.05, 0) is 50.5 Å². The van der Waals surface area contributed by atoms with Crippen LogP contribution >= 0.6 is 0 Å². The molecule has 0 bridgehead atoms. The molecule has 3 aromatic carbocycles. The van der Waals surface area contributed by atoms with Crippen molar-refractivity contribution in [2.75, 3.05) is 23.7 Å². The summed E-state index contributed by atoms with van der Waals surface area (Å²) in [5.41, 5.74) is 0.692. The fourth-order valence-corrected chi connectivity index (χ4v) is 7.67. The second-order valence-corrected chi connectivity index (χ2v) is 14.0. The molecule has 45 heavy (non-hydrogen) atoms. The van der Waals surface area contributed by atoms with Gasteiger partial charge in [0.25, 0.3) is 15.9 Å². The van der Waals surface area contributed by atoms with Crippen LogP contribution in [0.4, 0.5) is 11.4 Å². The minimum atomic E-state index is -4.52. The van der Waals surface area contributed by atoms with E-state index in [9.17, 15) is 31.3 Å². The van der Waals surface area contributed by atoms with Crippen LogP contribution in [0.3, 0.4) is 0 Å². The first-order chi connectivity index (χ1) is 21.4. The van der Waals surface area contributed by atoms with E-state index in [-0.39, 0.29) is 24.3 Å². The molecule has 0 N–H and O–H groups in total. The molecule has 0 aliphatic carbocycles. The predicted octanol–water partition coefficient (Wildman–Crippen LogP) is 2.12. The number of anilines is 2. The van der Waals surface area contributed by atoms with Crippen molar-refractivity contribution in [3.8, 4) is 0 Å². The van der Waals surface area contributed by atoms with Crippen molar-refractivity contribution in [1.82, 2.24) is 13.9 Å². The number of aliphatic carboxylic acids is 1. The Morgan fingerprint density at radius 1 is 0.889 bits per heavy atom. The molecule has 14 heteroatoms. The van der Waals surface area contributed by atoms with Crippen LogP contribution in [0, 0.1) is 6.92 Å². The number of benzene rings is 3. The normalized spacial score (nSPS) is 14.0. The molecule has 236 valence electrons. The monoisotopic (exact) mass is 650 g/mol. The van der Waals surface area contributed by atoms with Crippen LogP contribution in [0.1, 0.15) is 36.0 Å². The van der Waals surface area contributed by atoms with Crippen molar-refractivity contribution in [3.05, 3.63) is 108 Å². The number of hydrogen-bond donors (Lipinski definition) is 0. The molecule has 1 aromatic heterocycles. The Labute approximate surface area is 261 Å². The number of para-hydroxylation sites is 2. The highest BCUT2D eigenvalue weighted by molar-refractivity contribution is 7.89. The number of rotatable bonds is 12. The van der Waals surface area contributed by atoms with Gasteiger partial charge in [-0.15, -0.1) is 0 Å². The lowest BCUT2D eigenvalue weighted by Crippen LogP contribution is -2.56. The standard InChI is InChI=1S/C31H32N4O8S2/c1-23-13-15-24(16-14-23)45(42,43)35(19-6-12-29(36)37)30(38)31(33-20-17-32-22-33)25-8-2-4-10-27(25)34(18-7-21-44(39,40)41)28-11-5-3-9-26(28)31/h2-5,8-11,13-17,20,22H,6-7,12,18-19,21H2,1H3,(H,36,37)(H,39,40,41)/p-2. The molecular formula is C31H30N4O8S2-2. The molecular weight excluding hydrogens is 620 g/mol. The molecule has 1 aliphatic heterocycles. The lowest BCUT2D eigenvalue weighted by atomic mass is 9.76. The quantitative estimate of drug-likeness (QED) is 0.207. The molecule has 2 heterocycles. The zero-order valence-corrected chi connectivity index (χ0v) is 25.9. The summed E-state index contributed by atoms with van der Waals surface area (Å²) < 4.78 is 65.0. The maximum Gasteiger partial charge on any atom is 0.272 e. The lowest BCUT2D eigenvalue weighted by molar-refractivity contribution is -0.305. The molecule has 1 amide bonds. The van der Waals surface area contributed by atoms with E-state index in [4.69, 9.17) is 0 Å². The molecule has 0 saturated carbocycles. The Kier molecular flexibility index (Phi) is 8.83. The summed E-state index contributed by atoms with van der Waals surface area (Å²) in [6, 6.07) is 19.7. The number of carbonyl (C=O) groups is 2. The van der Waals surface area contributed by atoms with Gasteiger partial charge in [0.2, 0.25) is 0 Å². The number of imidazole rings is 1. The summed E-state index contributed by atoms with van der Waals surface area (Å²) in [7, 11) is -9.01. The molecule has 0 atom stereocenters. The minimum Gasteiger partial charge on any atom is -0.748 e. The molecule has 0 saturated heterocycles. The van der Waals surface area contributed by atoms with Crippen molar-refractivity contribution in [2.24, 2.45) is 0 Å². The number of amides is 1. The number of aryl methyl sites for hydroxylation is 1. The van der Waals surface area contributed by atoms with E-state index < -0.39 is 56.3 Å². The van der Waals surface area contributed by atoms with Crippen molar-refractivity contribution in [3.63, 3.8) is 0 Å². The van der Waals surface area contributed by atoms with Crippen LogP contribution in [-0.2, 0) is 35.3 Å². The second kappa shape index (κ2) is 12.5. The molecule has 5 rings (SSSR count). The first-order valence-corrected chi connectivity index (χ1v) is 17.1. The van der Waals surface area contributed by atoms with Crippen LogP contribution in [0.2, 0.25) is 0 Å². The summed E-state index contributed by atoms with van der Waals surface area (Å²) in [5.74, 6) is -2.86. The summed E-state index contributed by atoms with van der Waals surface area (Å²) in [6.45, 7) is 1.46. The van der Waals surface area contributed by atoms with Crippen LogP contribution in [0.25, 0.3) is 0 Å². The van der Waals surface area contributed by atoms with Gasteiger partial charge in [-0.2, -0.15) is 0 Å². The summed E-state index contributed by atoms with van der Waals surface area (Å²) in [4.78, 5) is 32.4. The number of hydrogen-bond acceptors (Lipinski definition) is 10. The molecule has 0 unspecified atom stereocenters. The van der Waals surface area contributed by atoms with E-state index in [2.05, 4.69) is 4.98 Å². The van der Waals surface area contributed by atoms with Crippen molar-refractivity contribution >= 4 is 43.4 Å². The highest BCUT2D eigenvalue weighted by Crippen LogP contribution is 2.51. The Morgan fingerprint density at radius 3 is 2.02 bits per heavy atom. The number of carboxylic acids is 1. The summed E-state index contributed by atoms with van der Waals surface area (Å²) >= 11 is 0. The average Bonchev–Trinajstić information content (AvgIpc) is 3.54. The van der Waals surface area contributed by atoms with Crippen LogP contribution in [0.15, 0.2) is 96.4 Å². The smallest absolute Gasteiger partial charge is 0.272 e. The Balaban J connectivity index is 1.75. The van der Waals surface area contributed by atoms with Crippen LogP contribution in [0.5, 0.6) is 0 Å². The molecule has 0 spiro atoms. The van der Waals surface area contributed by atoms with Gasteiger partial charge in [0.05, 0.1) is 21.3 Å². The van der Waals surface area contributed by atoms with Gasteiger partial charge < -0.3 is 23.9 Å². The first kappa shape index (κ1) is 31.9. The first-order valence-electron chi connectivity index (χ1n) is 14.1. The van der Waals surface area contributed by atoms with Crippen molar-refractivity contribution < 1.29 is 36.1 Å². The number of sulfonamides is 1. The van der Waals surface area contributed by atoms with Crippen molar-refractivity contribution in [2.45, 2.75) is 36.6 Å². The van der Waals surface area contributed by atoms with Gasteiger partial charge in [-0.3, -0.25) is 4.79 Å². The zero-order valence-electron chi connectivity index (χ0n) is 24.3. The predicted molar refractivity (Wildman–Crippen MR) is 162 cm³/mol. The number of carboxylic acid groups (broad SMARTS) is 1. The van der Waals surface area contributed by atoms with Gasteiger partial charge >= 0.3 is 0 Å². The zero-order chi connectivity index (χ0) is 32.4. The fraction of sp³-hybridized carbons (Fsp3) is 0.258.